The standard InChI is InChI=1S/C56H72N4O7/c1-58-32-35-13-17-55(31-35,43-23-42-9-11-44(61)27-47(42)60-33-43)30-34-14-18-56(53(66)21-34)19-15-40(46-29-50(64)51(67-2)25-39(46)10-12-52(56)65)24-48(62)49(63)28-45(41-16-20-59-54(57)26-41)38-8-7-36-5-3-4-6-37(36)22-38/h3-8,16,22,25-26,29,34-35,40,42-43,45,47-49,53,58-60,62-64,66H,9-14,17-18,20-21,23-24,27-28,30-33,57H2,1-2H3. The molecule has 4 fully saturated rings. The molecule has 3 saturated carbocycles. The van der Waals surface area contributed by atoms with Crippen molar-refractivity contribution in [3.63, 3.8) is 0 Å². The maximum absolute atomic E-state index is 14.6. The largest absolute Gasteiger partial charge is 0.504 e. The molecular weight excluding hydrogens is 841 g/mol. The van der Waals surface area contributed by atoms with E-state index in [2.05, 4.69) is 64.2 Å². The molecule has 9 rings (SSSR count). The van der Waals surface area contributed by atoms with Gasteiger partial charge >= 0.3 is 0 Å². The molecule has 4 aliphatic carbocycles. The minimum absolute atomic E-state index is 0.0423. The van der Waals surface area contributed by atoms with E-state index in [0.717, 1.165) is 79.1 Å². The lowest BCUT2D eigenvalue weighted by atomic mass is 9.58. The summed E-state index contributed by atoms with van der Waals surface area (Å²) >= 11 is 0. The number of aryl methyl sites for hydroxylation is 1. The summed E-state index contributed by atoms with van der Waals surface area (Å²) in [7, 11) is 3.53. The molecule has 12 unspecified atom stereocenters. The number of ether oxygens (including phenoxy) is 1. The van der Waals surface area contributed by atoms with Crippen LogP contribution in [0.1, 0.15) is 118 Å². The van der Waals surface area contributed by atoms with E-state index in [1.165, 1.54) is 13.5 Å². The molecule has 67 heavy (non-hydrogen) atoms. The van der Waals surface area contributed by atoms with Gasteiger partial charge in [0.05, 0.1) is 31.2 Å². The number of fused-ring (bicyclic) bond motifs is 3. The van der Waals surface area contributed by atoms with Crippen LogP contribution >= 0.6 is 0 Å². The van der Waals surface area contributed by atoms with Crippen LogP contribution in [-0.4, -0.2) is 90.1 Å². The molecule has 358 valence electrons. The maximum Gasteiger partial charge on any atom is 0.160 e. The van der Waals surface area contributed by atoms with Crippen molar-refractivity contribution in [2.24, 2.45) is 40.2 Å². The molecule has 0 bridgehead atoms. The van der Waals surface area contributed by atoms with Gasteiger partial charge in [0.2, 0.25) is 0 Å². The van der Waals surface area contributed by atoms with Crippen molar-refractivity contribution in [3.05, 3.63) is 94.8 Å². The number of dihydropyridines is 1. The Labute approximate surface area is 396 Å². The lowest BCUT2D eigenvalue weighted by Gasteiger charge is -2.49. The molecule has 3 aromatic rings. The van der Waals surface area contributed by atoms with Crippen LogP contribution in [0, 0.1) is 46.3 Å². The van der Waals surface area contributed by atoms with Gasteiger partial charge in [0.1, 0.15) is 11.2 Å². The fourth-order valence-electron chi connectivity index (χ4n) is 13.6. The number of allylic oxidation sites excluding steroid dienone is 2. The number of hydrogen-bond acceptors (Lipinski definition) is 11. The number of aliphatic hydroxyl groups is 3. The third-order valence-electron chi connectivity index (χ3n) is 17.2. The lowest BCUT2D eigenvalue weighted by Crippen LogP contribution is -2.53. The van der Waals surface area contributed by atoms with Crippen molar-refractivity contribution in [2.45, 2.75) is 133 Å². The van der Waals surface area contributed by atoms with Crippen molar-refractivity contribution in [2.75, 3.05) is 33.8 Å². The number of aromatic hydroxyl groups is 1. The highest BCUT2D eigenvalue weighted by molar-refractivity contribution is 5.89. The van der Waals surface area contributed by atoms with Crippen molar-refractivity contribution in [3.8, 4) is 23.3 Å². The summed E-state index contributed by atoms with van der Waals surface area (Å²) < 4.78 is 5.52. The molecule has 11 nitrogen and oxygen atoms in total. The van der Waals surface area contributed by atoms with Gasteiger partial charge in [-0.15, -0.1) is 0 Å². The molecule has 3 aromatic carbocycles. The average Bonchev–Trinajstić information content (AvgIpc) is 3.75. The maximum atomic E-state index is 14.6. The SMILES string of the molecule is CNCC1CCC(CC2CCC3(C#CC(CC(O)C(O)CC(C4=CCNC(N)=C4)c4ccc5ccccc5c4)c4cc(O)c(OC)cc4CCC3=O)C(O)C2)(C2CNC3CC(=O)CCC3C2)C1. The van der Waals surface area contributed by atoms with Crippen LogP contribution in [0.3, 0.4) is 0 Å². The van der Waals surface area contributed by atoms with Crippen LogP contribution in [-0.2, 0) is 16.0 Å². The molecule has 0 radical (unpaired) electrons. The first-order valence-electron chi connectivity index (χ1n) is 25.2. The number of nitrogens with one attached hydrogen (secondary N) is 3. The Morgan fingerprint density at radius 1 is 0.970 bits per heavy atom. The fourth-order valence-corrected chi connectivity index (χ4v) is 13.6. The van der Waals surface area contributed by atoms with Gasteiger partial charge in [0.25, 0.3) is 0 Å². The van der Waals surface area contributed by atoms with Gasteiger partial charge in [-0.25, -0.2) is 0 Å². The Bertz CT molecular complexity index is 2440. The highest BCUT2D eigenvalue weighted by Crippen LogP contribution is 2.57. The van der Waals surface area contributed by atoms with Crippen molar-refractivity contribution in [1.29, 1.82) is 0 Å². The first kappa shape index (κ1) is 47.4. The monoisotopic (exact) mass is 913 g/mol. The number of rotatable bonds is 13. The fraction of sp³-hybridized carbons (Fsp3) is 0.571. The van der Waals surface area contributed by atoms with Gasteiger partial charge in [0.15, 0.2) is 17.3 Å². The summed E-state index contributed by atoms with van der Waals surface area (Å²) in [5.74, 6) is 8.82. The summed E-state index contributed by atoms with van der Waals surface area (Å²) in [5.41, 5.74) is 8.54. The number of carbonyl (C=O) groups excluding carboxylic acids is 2. The van der Waals surface area contributed by atoms with Crippen LogP contribution in [0.25, 0.3) is 10.8 Å². The van der Waals surface area contributed by atoms with E-state index in [0.29, 0.717) is 79.6 Å². The molecule has 11 heteroatoms. The summed E-state index contributed by atoms with van der Waals surface area (Å²) in [6.07, 6.45) is 11.1. The number of nitrogens with two attached hydrogens (primary N) is 1. The summed E-state index contributed by atoms with van der Waals surface area (Å²) in [6.45, 7) is 2.47. The van der Waals surface area contributed by atoms with Crippen LogP contribution < -0.4 is 26.4 Å². The third kappa shape index (κ3) is 9.93. The number of phenolic OH excluding ortho intramolecular Hbond substituents is 1. The Hall–Kier alpha value is -4.70. The Morgan fingerprint density at radius 2 is 1.79 bits per heavy atom. The zero-order valence-electron chi connectivity index (χ0n) is 39.4. The number of ketones is 2. The molecule has 12 atom stereocenters. The van der Waals surface area contributed by atoms with E-state index in [-0.39, 0.29) is 53.8 Å². The van der Waals surface area contributed by atoms with Crippen molar-refractivity contribution >= 4 is 22.3 Å². The highest BCUT2D eigenvalue weighted by atomic mass is 16.5. The molecule has 1 spiro atoms. The predicted octanol–water partition coefficient (Wildman–Crippen LogP) is 6.66. The number of hydrogen-bond donors (Lipinski definition) is 8. The minimum atomic E-state index is -1.27. The number of piperidine rings is 1. The Kier molecular flexibility index (Phi) is 14.2. The average molecular weight is 913 g/mol. The molecule has 2 aliphatic heterocycles. The molecule has 0 aromatic heterocycles. The number of aliphatic hydroxyl groups excluding tert-OH is 3. The predicted molar refractivity (Wildman–Crippen MR) is 261 cm³/mol. The quantitative estimate of drug-likeness (QED) is 0.0858. The molecule has 6 aliphatic rings. The second kappa shape index (κ2) is 20.1. The van der Waals surface area contributed by atoms with E-state index in [1.807, 2.05) is 25.3 Å². The van der Waals surface area contributed by atoms with Crippen LogP contribution in [0.15, 0.2) is 78.1 Å². The van der Waals surface area contributed by atoms with Crippen LogP contribution in [0.4, 0.5) is 0 Å². The Balaban J connectivity index is 0.971. The minimum Gasteiger partial charge on any atom is -0.504 e. The van der Waals surface area contributed by atoms with E-state index in [9.17, 15) is 30.0 Å². The topological polar surface area (TPSA) is 186 Å². The van der Waals surface area contributed by atoms with Gasteiger partial charge in [-0.2, -0.15) is 0 Å². The van der Waals surface area contributed by atoms with Gasteiger partial charge in [0, 0.05) is 43.7 Å². The zero-order chi connectivity index (χ0) is 46.9. The smallest absolute Gasteiger partial charge is 0.160 e. The zero-order valence-corrected chi connectivity index (χ0v) is 39.4. The van der Waals surface area contributed by atoms with Gasteiger partial charge < -0.3 is 46.8 Å². The molecule has 9 N–H and O–H groups in total. The molecular formula is C56H72N4O7. The summed E-state index contributed by atoms with van der Waals surface area (Å²) in [5, 5.41) is 60.1. The first-order valence-corrected chi connectivity index (χ1v) is 25.2. The lowest BCUT2D eigenvalue weighted by molar-refractivity contribution is -0.135. The van der Waals surface area contributed by atoms with E-state index in [4.69, 9.17) is 10.5 Å². The number of Topliss-reactive ketones (excluding diaryl/α,β-unsaturated/α-hetero) is 2. The highest BCUT2D eigenvalue weighted by Gasteiger charge is 2.53. The number of phenols is 1. The van der Waals surface area contributed by atoms with E-state index in [1.54, 1.807) is 12.1 Å². The third-order valence-corrected chi connectivity index (χ3v) is 17.2. The second-order valence-corrected chi connectivity index (χ2v) is 21.3. The molecule has 1 saturated heterocycles. The molecule has 0 amide bonds. The summed E-state index contributed by atoms with van der Waals surface area (Å²) in [6, 6.07) is 18.1. The molecule has 2 heterocycles. The number of methoxy groups -OCH3 is 1. The second-order valence-electron chi connectivity index (χ2n) is 21.3. The van der Waals surface area contributed by atoms with Crippen LogP contribution in [0.2, 0.25) is 0 Å². The van der Waals surface area contributed by atoms with Gasteiger partial charge in [-0.3, -0.25) is 9.59 Å². The Morgan fingerprint density at radius 3 is 2.58 bits per heavy atom. The van der Waals surface area contributed by atoms with Crippen LogP contribution in [0.5, 0.6) is 11.5 Å². The summed E-state index contributed by atoms with van der Waals surface area (Å²) in [4.78, 5) is 27.0. The van der Waals surface area contributed by atoms with E-state index >= 15 is 0 Å². The van der Waals surface area contributed by atoms with Crippen molar-refractivity contribution < 1.29 is 34.8 Å². The normalized spacial score (nSPS) is 32.2. The van der Waals surface area contributed by atoms with Gasteiger partial charge in [-0.1, -0.05) is 60.4 Å². The van der Waals surface area contributed by atoms with Crippen molar-refractivity contribution in [1.82, 2.24) is 16.0 Å². The number of carbonyl (C=O) groups is 2. The van der Waals surface area contributed by atoms with Gasteiger partial charge in [-0.05, 0) is 178 Å². The first-order chi connectivity index (χ1) is 32.4. The van der Waals surface area contributed by atoms with E-state index < -0.39 is 29.6 Å². The number of benzene rings is 3.